The van der Waals surface area contributed by atoms with Crippen LogP contribution in [0.1, 0.15) is 46.1 Å². The van der Waals surface area contributed by atoms with Gasteiger partial charge in [-0.1, -0.05) is 35.8 Å². The maximum atomic E-state index is 12.5. The summed E-state index contributed by atoms with van der Waals surface area (Å²) >= 11 is 4.76. The molecule has 3 aromatic rings. The number of carbonyl (C=O) groups is 2. The lowest BCUT2D eigenvalue weighted by molar-refractivity contribution is -0.111. The molecule has 0 radical (unpaired) electrons. The molecular weight excluding hydrogens is 504 g/mol. The van der Waals surface area contributed by atoms with E-state index in [2.05, 4.69) is 21.2 Å². The Hall–Kier alpha value is -3.10. The molecule has 0 spiro atoms. The fraction of sp³-hybridized carbons (Fsp3) is 0.200. The van der Waals surface area contributed by atoms with Crippen LogP contribution < -0.4 is 20.5 Å². The highest BCUT2D eigenvalue weighted by atomic mass is 79.9. The SMILES string of the molecule is COc1ccc(C=CC(=O)Nc2sc(C(C)C)cc2C(N)=O)cc1COc1ccc(Br)cc1. The third-order valence-corrected chi connectivity index (χ3v) is 6.64. The summed E-state index contributed by atoms with van der Waals surface area (Å²) in [6.45, 7) is 4.35. The molecule has 3 N–H and O–H groups in total. The minimum atomic E-state index is -0.567. The van der Waals surface area contributed by atoms with Gasteiger partial charge in [-0.3, -0.25) is 9.59 Å². The third kappa shape index (κ3) is 6.69. The van der Waals surface area contributed by atoms with Gasteiger partial charge in [-0.15, -0.1) is 11.3 Å². The Morgan fingerprint density at radius 1 is 1.15 bits per heavy atom. The molecular formula is C25H25BrN2O4S. The Morgan fingerprint density at radius 2 is 1.88 bits per heavy atom. The van der Waals surface area contributed by atoms with Crippen molar-refractivity contribution in [2.75, 3.05) is 12.4 Å². The van der Waals surface area contributed by atoms with Crippen LogP contribution in [0.5, 0.6) is 11.5 Å². The number of hydrogen-bond acceptors (Lipinski definition) is 5. The highest BCUT2D eigenvalue weighted by Crippen LogP contribution is 2.32. The van der Waals surface area contributed by atoms with E-state index in [1.54, 1.807) is 19.3 Å². The lowest BCUT2D eigenvalue weighted by atomic mass is 10.1. The second-order valence-electron chi connectivity index (χ2n) is 7.55. The summed E-state index contributed by atoms with van der Waals surface area (Å²) in [5.74, 6) is 0.745. The number of nitrogens with two attached hydrogens (primary N) is 1. The van der Waals surface area contributed by atoms with Crippen LogP contribution in [0, 0.1) is 0 Å². The van der Waals surface area contributed by atoms with Crippen LogP contribution in [0.15, 0.2) is 59.1 Å². The molecule has 0 saturated carbocycles. The fourth-order valence-electron chi connectivity index (χ4n) is 3.00. The van der Waals surface area contributed by atoms with E-state index in [9.17, 15) is 9.59 Å². The topological polar surface area (TPSA) is 90.6 Å². The van der Waals surface area contributed by atoms with E-state index < -0.39 is 5.91 Å². The van der Waals surface area contributed by atoms with Gasteiger partial charge in [0.2, 0.25) is 5.91 Å². The number of benzene rings is 2. The third-order valence-electron chi connectivity index (χ3n) is 4.76. The van der Waals surface area contributed by atoms with Crippen LogP contribution in [0.2, 0.25) is 0 Å². The number of methoxy groups -OCH3 is 1. The lowest BCUT2D eigenvalue weighted by Gasteiger charge is -2.11. The number of primary amides is 1. The number of anilines is 1. The molecule has 0 aliphatic heterocycles. The molecule has 0 aliphatic carbocycles. The average Bonchev–Trinajstić information content (AvgIpc) is 3.22. The number of nitrogens with one attached hydrogen (secondary N) is 1. The molecule has 2 aromatic carbocycles. The molecule has 0 atom stereocenters. The fourth-order valence-corrected chi connectivity index (χ4v) is 4.34. The summed E-state index contributed by atoms with van der Waals surface area (Å²) in [6.07, 6.45) is 3.11. The highest BCUT2D eigenvalue weighted by molar-refractivity contribution is 9.10. The van der Waals surface area contributed by atoms with Crippen molar-refractivity contribution in [3.63, 3.8) is 0 Å². The summed E-state index contributed by atoms with van der Waals surface area (Å²) in [4.78, 5) is 25.2. The minimum Gasteiger partial charge on any atom is -0.496 e. The van der Waals surface area contributed by atoms with Crippen molar-refractivity contribution in [1.82, 2.24) is 0 Å². The number of halogens is 1. The van der Waals surface area contributed by atoms with Crippen molar-refractivity contribution < 1.29 is 19.1 Å². The van der Waals surface area contributed by atoms with E-state index in [1.807, 2.05) is 56.3 Å². The Balaban J connectivity index is 1.71. The summed E-state index contributed by atoms with van der Waals surface area (Å²) in [7, 11) is 1.60. The van der Waals surface area contributed by atoms with E-state index in [-0.39, 0.29) is 11.8 Å². The van der Waals surface area contributed by atoms with Crippen molar-refractivity contribution in [3.8, 4) is 11.5 Å². The molecule has 0 aliphatic rings. The van der Waals surface area contributed by atoms with E-state index in [1.165, 1.54) is 17.4 Å². The molecule has 1 heterocycles. The molecule has 0 fully saturated rings. The zero-order chi connectivity index (χ0) is 24.0. The summed E-state index contributed by atoms with van der Waals surface area (Å²) < 4.78 is 12.3. The Labute approximate surface area is 205 Å². The van der Waals surface area contributed by atoms with Crippen LogP contribution in [0.25, 0.3) is 6.08 Å². The Kier molecular flexibility index (Phi) is 8.30. The number of carbonyl (C=O) groups excluding carboxylic acids is 2. The van der Waals surface area contributed by atoms with E-state index >= 15 is 0 Å². The van der Waals surface area contributed by atoms with Gasteiger partial charge in [-0.05, 0) is 60.0 Å². The first-order chi connectivity index (χ1) is 15.8. The van der Waals surface area contributed by atoms with Crippen LogP contribution in [-0.4, -0.2) is 18.9 Å². The maximum absolute atomic E-state index is 12.5. The predicted octanol–water partition coefficient (Wildman–Crippen LogP) is 5.97. The van der Waals surface area contributed by atoms with Gasteiger partial charge in [0.15, 0.2) is 0 Å². The van der Waals surface area contributed by atoms with Crippen LogP contribution in [-0.2, 0) is 11.4 Å². The zero-order valence-electron chi connectivity index (χ0n) is 18.6. The van der Waals surface area contributed by atoms with Crippen LogP contribution in [0.4, 0.5) is 5.00 Å². The monoisotopic (exact) mass is 528 g/mol. The quantitative estimate of drug-likeness (QED) is 0.334. The van der Waals surface area contributed by atoms with E-state index in [0.717, 1.165) is 26.2 Å². The molecule has 1 aromatic heterocycles. The Bertz CT molecular complexity index is 1170. The predicted molar refractivity (Wildman–Crippen MR) is 136 cm³/mol. The first kappa shape index (κ1) is 24.5. The number of rotatable bonds is 9. The van der Waals surface area contributed by atoms with Gasteiger partial charge in [0.1, 0.15) is 23.1 Å². The maximum Gasteiger partial charge on any atom is 0.251 e. The number of thiophene rings is 1. The zero-order valence-corrected chi connectivity index (χ0v) is 21.0. The van der Waals surface area contributed by atoms with Gasteiger partial charge in [0.25, 0.3) is 5.91 Å². The molecule has 0 saturated heterocycles. The minimum absolute atomic E-state index is 0.228. The second kappa shape index (κ2) is 11.2. The van der Waals surface area contributed by atoms with Crippen molar-refractivity contribution in [2.24, 2.45) is 5.73 Å². The van der Waals surface area contributed by atoms with Gasteiger partial charge >= 0.3 is 0 Å². The molecule has 6 nitrogen and oxygen atoms in total. The molecule has 33 heavy (non-hydrogen) atoms. The average molecular weight is 529 g/mol. The van der Waals surface area contributed by atoms with Gasteiger partial charge in [0, 0.05) is 21.0 Å². The summed E-state index contributed by atoms with van der Waals surface area (Å²) in [6, 6.07) is 14.9. The van der Waals surface area contributed by atoms with Crippen molar-refractivity contribution in [2.45, 2.75) is 26.4 Å². The molecule has 8 heteroatoms. The molecule has 3 rings (SSSR count). The lowest BCUT2D eigenvalue weighted by Crippen LogP contribution is -2.14. The van der Waals surface area contributed by atoms with E-state index in [0.29, 0.717) is 22.9 Å². The highest BCUT2D eigenvalue weighted by Gasteiger charge is 2.16. The smallest absolute Gasteiger partial charge is 0.251 e. The van der Waals surface area contributed by atoms with Crippen molar-refractivity contribution >= 4 is 50.2 Å². The van der Waals surface area contributed by atoms with Gasteiger partial charge < -0.3 is 20.5 Å². The largest absolute Gasteiger partial charge is 0.496 e. The normalized spacial score (nSPS) is 11.1. The summed E-state index contributed by atoms with van der Waals surface area (Å²) in [5, 5.41) is 3.22. The van der Waals surface area contributed by atoms with Gasteiger partial charge in [-0.2, -0.15) is 0 Å². The van der Waals surface area contributed by atoms with Crippen LogP contribution in [0.3, 0.4) is 0 Å². The van der Waals surface area contributed by atoms with Crippen molar-refractivity contribution in [1.29, 1.82) is 0 Å². The second-order valence-corrected chi connectivity index (χ2v) is 9.55. The number of hydrogen-bond donors (Lipinski definition) is 2. The first-order valence-corrected chi connectivity index (χ1v) is 11.9. The van der Waals surface area contributed by atoms with Crippen LogP contribution >= 0.6 is 27.3 Å². The standard InChI is InChI=1S/C25H25BrN2O4S/c1-15(2)22-13-20(24(27)30)25(33-22)28-23(29)11-5-16-4-10-21(31-3)17(12-16)14-32-19-8-6-18(26)7-9-19/h4-13,15H,14H2,1-3H3,(H2,27,30)(H,28,29). The Morgan fingerprint density at radius 3 is 2.52 bits per heavy atom. The number of amides is 2. The van der Waals surface area contributed by atoms with Gasteiger partial charge in [0.05, 0.1) is 12.7 Å². The number of ether oxygens (including phenoxy) is 2. The molecule has 2 amide bonds. The summed E-state index contributed by atoms with van der Waals surface area (Å²) in [5.41, 5.74) is 7.44. The first-order valence-electron chi connectivity index (χ1n) is 10.2. The molecule has 0 bridgehead atoms. The molecule has 0 unspecified atom stereocenters. The van der Waals surface area contributed by atoms with Crippen molar-refractivity contribution in [3.05, 3.63) is 80.6 Å². The molecule has 172 valence electrons. The van der Waals surface area contributed by atoms with E-state index in [4.69, 9.17) is 15.2 Å². The van der Waals surface area contributed by atoms with Gasteiger partial charge in [-0.25, -0.2) is 0 Å².